The SMILES string of the molecule is CCOC(=O)c1c(NC(=O)CN2CCN(c3nccs3)CC2)sc(C(=O)N(CC)CC)c1C. The van der Waals surface area contributed by atoms with Gasteiger partial charge in [0.05, 0.1) is 23.6 Å². The van der Waals surface area contributed by atoms with Gasteiger partial charge in [-0.3, -0.25) is 14.5 Å². The summed E-state index contributed by atoms with van der Waals surface area (Å²) in [6.45, 7) is 11.9. The molecule has 3 heterocycles. The smallest absolute Gasteiger partial charge is 0.341 e. The van der Waals surface area contributed by atoms with Crippen LogP contribution in [0.4, 0.5) is 10.1 Å². The molecule has 0 saturated carbocycles. The first-order valence-electron chi connectivity index (χ1n) is 11.2. The number of hydrogen-bond donors (Lipinski definition) is 1. The number of thiazole rings is 1. The Bertz CT molecular complexity index is 964. The maximum Gasteiger partial charge on any atom is 0.341 e. The fraction of sp³-hybridized carbons (Fsp3) is 0.545. The fourth-order valence-electron chi connectivity index (χ4n) is 3.75. The van der Waals surface area contributed by atoms with E-state index >= 15 is 0 Å². The number of carbonyl (C=O) groups excluding carboxylic acids is 3. The average Bonchev–Trinajstić information content (AvgIpc) is 3.43. The van der Waals surface area contributed by atoms with E-state index in [9.17, 15) is 14.4 Å². The molecule has 0 radical (unpaired) electrons. The first-order chi connectivity index (χ1) is 15.9. The molecule has 33 heavy (non-hydrogen) atoms. The Morgan fingerprint density at radius 2 is 1.85 bits per heavy atom. The van der Waals surface area contributed by atoms with Crippen molar-refractivity contribution >= 4 is 50.6 Å². The summed E-state index contributed by atoms with van der Waals surface area (Å²) in [4.78, 5) is 49.2. The average molecular weight is 494 g/mol. The Morgan fingerprint density at radius 3 is 2.42 bits per heavy atom. The number of ether oxygens (including phenoxy) is 1. The van der Waals surface area contributed by atoms with Crippen molar-refractivity contribution in [3.05, 3.63) is 27.6 Å². The van der Waals surface area contributed by atoms with Crippen LogP contribution in [0.25, 0.3) is 0 Å². The third kappa shape index (κ3) is 5.90. The number of rotatable bonds is 9. The van der Waals surface area contributed by atoms with Gasteiger partial charge in [-0.1, -0.05) is 0 Å². The van der Waals surface area contributed by atoms with Crippen LogP contribution in [0.1, 0.15) is 46.4 Å². The lowest BCUT2D eigenvalue weighted by Crippen LogP contribution is -2.48. The Balaban J connectivity index is 1.70. The molecule has 1 saturated heterocycles. The number of esters is 1. The second kappa shape index (κ2) is 11.6. The van der Waals surface area contributed by atoms with E-state index in [1.54, 1.807) is 36.3 Å². The molecule has 1 fully saturated rings. The van der Waals surface area contributed by atoms with Gasteiger partial charge < -0.3 is 19.9 Å². The normalized spacial score (nSPS) is 14.2. The fourth-order valence-corrected chi connectivity index (χ4v) is 5.62. The molecular weight excluding hydrogens is 462 g/mol. The minimum absolute atomic E-state index is 0.146. The van der Waals surface area contributed by atoms with Crippen molar-refractivity contribution < 1.29 is 19.1 Å². The Kier molecular flexibility index (Phi) is 8.81. The van der Waals surface area contributed by atoms with E-state index in [0.717, 1.165) is 42.6 Å². The lowest BCUT2D eigenvalue weighted by atomic mass is 10.1. The minimum atomic E-state index is -0.530. The van der Waals surface area contributed by atoms with Crippen molar-refractivity contribution in [3.63, 3.8) is 0 Å². The zero-order valence-electron chi connectivity index (χ0n) is 19.5. The minimum Gasteiger partial charge on any atom is -0.462 e. The molecule has 2 amide bonds. The molecule has 9 nitrogen and oxygen atoms in total. The summed E-state index contributed by atoms with van der Waals surface area (Å²) in [5.74, 6) is -0.893. The lowest BCUT2D eigenvalue weighted by molar-refractivity contribution is -0.117. The summed E-state index contributed by atoms with van der Waals surface area (Å²) in [6, 6.07) is 0. The van der Waals surface area contributed by atoms with Crippen molar-refractivity contribution in [3.8, 4) is 0 Å². The Morgan fingerprint density at radius 1 is 1.15 bits per heavy atom. The molecule has 1 aliphatic heterocycles. The molecule has 1 aliphatic rings. The maximum absolute atomic E-state index is 13.0. The number of nitrogens with one attached hydrogen (secondary N) is 1. The zero-order valence-corrected chi connectivity index (χ0v) is 21.2. The maximum atomic E-state index is 13.0. The standard InChI is InChI=1S/C22H31N5O4S2/c1-5-26(6-2)20(29)18-15(4)17(21(30)31-7-3)19(33-18)24-16(28)14-25-9-11-27(12-10-25)22-23-8-13-32-22/h8,13H,5-7,9-12,14H2,1-4H3,(H,24,28). The van der Waals surface area contributed by atoms with Crippen LogP contribution >= 0.6 is 22.7 Å². The molecular formula is C22H31N5O4S2. The van der Waals surface area contributed by atoms with Gasteiger partial charge in [-0.2, -0.15) is 0 Å². The Hall–Kier alpha value is -2.50. The molecule has 0 bridgehead atoms. The van der Waals surface area contributed by atoms with Gasteiger partial charge in [-0.05, 0) is 33.3 Å². The molecule has 0 aromatic carbocycles. The summed E-state index contributed by atoms with van der Waals surface area (Å²) >= 11 is 2.75. The number of thiophene rings is 1. The summed E-state index contributed by atoms with van der Waals surface area (Å²) in [6.07, 6.45) is 1.79. The topological polar surface area (TPSA) is 95.1 Å². The number of piperazine rings is 1. The van der Waals surface area contributed by atoms with Crippen LogP contribution in [-0.4, -0.2) is 85.0 Å². The second-order valence-corrected chi connectivity index (χ2v) is 9.48. The summed E-state index contributed by atoms with van der Waals surface area (Å²) < 4.78 is 5.21. The monoisotopic (exact) mass is 493 g/mol. The van der Waals surface area contributed by atoms with E-state index in [2.05, 4.69) is 20.1 Å². The van der Waals surface area contributed by atoms with Crippen LogP contribution in [-0.2, 0) is 9.53 Å². The predicted molar refractivity (Wildman–Crippen MR) is 132 cm³/mol. The van der Waals surface area contributed by atoms with E-state index in [4.69, 9.17) is 4.74 Å². The van der Waals surface area contributed by atoms with Crippen molar-refractivity contribution in [1.29, 1.82) is 0 Å². The number of aromatic nitrogens is 1. The summed E-state index contributed by atoms with van der Waals surface area (Å²) in [5.41, 5.74) is 0.807. The molecule has 0 aliphatic carbocycles. The molecule has 1 N–H and O–H groups in total. The van der Waals surface area contributed by atoms with Gasteiger partial charge >= 0.3 is 5.97 Å². The van der Waals surface area contributed by atoms with Crippen molar-refractivity contribution in [1.82, 2.24) is 14.8 Å². The van der Waals surface area contributed by atoms with Crippen LogP contribution in [0.2, 0.25) is 0 Å². The van der Waals surface area contributed by atoms with E-state index in [1.807, 2.05) is 19.2 Å². The van der Waals surface area contributed by atoms with Crippen LogP contribution in [0.5, 0.6) is 0 Å². The van der Waals surface area contributed by atoms with Crippen LogP contribution < -0.4 is 10.2 Å². The zero-order chi connectivity index (χ0) is 24.0. The predicted octanol–water partition coefficient (Wildman–Crippen LogP) is 2.93. The van der Waals surface area contributed by atoms with Crippen LogP contribution in [0.3, 0.4) is 0 Å². The van der Waals surface area contributed by atoms with Gasteiger partial charge in [0.25, 0.3) is 5.91 Å². The number of amides is 2. The third-order valence-electron chi connectivity index (χ3n) is 5.55. The van der Waals surface area contributed by atoms with Gasteiger partial charge in [-0.15, -0.1) is 22.7 Å². The highest BCUT2D eigenvalue weighted by Gasteiger charge is 2.29. The first-order valence-corrected chi connectivity index (χ1v) is 12.9. The van der Waals surface area contributed by atoms with Gasteiger partial charge in [0.1, 0.15) is 5.00 Å². The van der Waals surface area contributed by atoms with Gasteiger partial charge in [0.2, 0.25) is 5.91 Å². The van der Waals surface area contributed by atoms with E-state index < -0.39 is 5.97 Å². The Labute approximate surface area is 202 Å². The lowest BCUT2D eigenvalue weighted by Gasteiger charge is -2.34. The highest BCUT2D eigenvalue weighted by molar-refractivity contribution is 7.18. The quantitative estimate of drug-likeness (QED) is 0.537. The molecule has 2 aromatic heterocycles. The molecule has 11 heteroatoms. The summed E-state index contributed by atoms with van der Waals surface area (Å²) in [7, 11) is 0. The van der Waals surface area contributed by atoms with Crippen molar-refractivity contribution in [2.75, 3.05) is 62.6 Å². The highest BCUT2D eigenvalue weighted by Crippen LogP contribution is 2.34. The number of nitrogens with zero attached hydrogens (tertiary/aromatic N) is 4. The van der Waals surface area contributed by atoms with Crippen molar-refractivity contribution in [2.24, 2.45) is 0 Å². The van der Waals surface area contributed by atoms with E-state index in [-0.39, 0.29) is 30.5 Å². The molecule has 180 valence electrons. The molecule has 3 rings (SSSR count). The van der Waals surface area contributed by atoms with E-state index in [1.165, 1.54) is 0 Å². The largest absolute Gasteiger partial charge is 0.462 e. The summed E-state index contributed by atoms with van der Waals surface area (Å²) in [5, 5.41) is 6.19. The van der Waals surface area contributed by atoms with Gasteiger partial charge in [0.15, 0.2) is 5.13 Å². The molecule has 0 unspecified atom stereocenters. The number of hydrogen-bond acceptors (Lipinski definition) is 9. The molecule has 0 atom stereocenters. The third-order valence-corrected chi connectivity index (χ3v) is 7.58. The van der Waals surface area contributed by atoms with E-state index in [0.29, 0.717) is 28.5 Å². The van der Waals surface area contributed by atoms with Crippen molar-refractivity contribution in [2.45, 2.75) is 27.7 Å². The first kappa shape index (κ1) is 25.1. The highest BCUT2D eigenvalue weighted by atomic mass is 32.1. The second-order valence-electron chi connectivity index (χ2n) is 7.58. The molecule has 2 aromatic rings. The molecule has 0 spiro atoms. The van der Waals surface area contributed by atoms with Crippen LogP contribution in [0.15, 0.2) is 11.6 Å². The van der Waals surface area contributed by atoms with Crippen LogP contribution in [0, 0.1) is 6.92 Å². The van der Waals surface area contributed by atoms with Gasteiger partial charge in [0, 0.05) is 50.8 Å². The number of carbonyl (C=O) groups is 3. The number of anilines is 2. The van der Waals surface area contributed by atoms with Gasteiger partial charge in [-0.25, -0.2) is 9.78 Å².